The third-order valence-corrected chi connectivity index (χ3v) is 0.785. The Morgan fingerprint density at radius 3 is 2.88 bits per heavy atom. The maximum Gasteiger partial charge on any atom is 0.0584 e. The maximum absolute atomic E-state index is 4.97. The molecule has 8 heavy (non-hydrogen) atoms. The average molecular weight is 125 g/mol. The number of hydrogen-bond acceptors (Lipinski definition) is 2. The van der Waals surface area contributed by atoms with Crippen molar-refractivity contribution in [1.29, 1.82) is 0 Å². The molecule has 0 spiro atoms. The molecule has 0 aliphatic heterocycles. The fourth-order valence-corrected chi connectivity index (χ4v) is 0.397. The van der Waals surface area contributed by atoms with Crippen LogP contribution in [0.3, 0.4) is 0 Å². The molecule has 0 saturated heterocycles. The zero-order valence-electron chi connectivity index (χ0n) is 4.55. The second-order valence-electron chi connectivity index (χ2n) is 1.28. The lowest BCUT2D eigenvalue weighted by Crippen LogP contribution is -1.75. The van der Waals surface area contributed by atoms with Gasteiger partial charge in [-0.05, 0) is 18.6 Å². The van der Waals surface area contributed by atoms with Gasteiger partial charge in [0.1, 0.15) is 0 Å². The van der Waals surface area contributed by atoms with Gasteiger partial charge in [-0.15, -0.1) is 12.3 Å². The minimum Gasteiger partial charge on any atom is -0.233 e. The van der Waals surface area contributed by atoms with E-state index < -0.39 is 0 Å². The van der Waals surface area contributed by atoms with Crippen LogP contribution in [-0.2, 0) is 0 Å². The quantitative estimate of drug-likeness (QED) is 0.241. The van der Waals surface area contributed by atoms with E-state index in [4.69, 9.17) is 6.42 Å². The van der Waals surface area contributed by atoms with Crippen molar-refractivity contribution in [3.05, 3.63) is 0 Å². The lowest BCUT2D eigenvalue weighted by atomic mass is 10.3. The summed E-state index contributed by atoms with van der Waals surface area (Å²) in [6.07, 6.45) is 6.67. The summed E-state index contributed by atoms with van der Waals surface area (Å²) in [7, 11) is 0. The molecule has 0 fully saturated rings. The van der Waals surface area contributed by atoms with Crippen LogP contribution >= 0.6 is 12.2 Å². The lowest BCUT2D eigenvalue weighted by Gasteiger charge is -1.81. The highest BCUT2D eigenvalue weighted by atomic mass is 32.1. The van der Waals surface area contributed by atoms with Gasteiger partial charge in [-0.2, -0.15) is 0 Å². The van der Waals surface area contributed by atoms with E-state index in [0.717, 1.165) is 12.8 Å². The largest absolute Gasteiger partial charge is 0.233 e. The molecule has 0 aliphatic rings. The summed E-state index contributed by atoms with van der Waals surface area (Å²) in [6.45, 7) is 0.716. The molecule has 0 rings (SSSR count). The van der Waals surface area contributed by atoms with Gasteiger partial charge in [-0.25, -0.2) is 4.99 Å². The lowest BCUT2D eigenvalue weighted by molar-refractivity contribution is 0.876. The van der Waals surface area contributed by atoms with Crippen LogP contribution in [0.4, 0.5) is 0 Å². The number of nitrogens with zero attached hydrogens (tertiary/aromatic N) is 1. The topological polar surface area (TPSA) is 12.4 Å². The smallest absolute Gasteiger partial charge is 0.0584 e. The van der Waals surface area contributed by atoms with Gasteiger partial charge in [0.25, 0.3) is 0 Å². The molecular formula is C6H7NS. The Kier molecular flexibility index (Phi) is 5.85. The number of terminal acetylenes is 1. The van der Waals surface area contributed by atoms with Crippen molar-refractivity contribution >= 4 is 17.4 Å². The van der Waals surface area contributed by atoms with Gasteiger partial charge in [0, 0.05) is 6.42 Å². The van der Waals surface area contributed by atoms with Gasteiger partial charge >= 0.3 is 0 Å². The summed E-state index contributed by atoms with van der Waals surface area (Å²) in [5, 5.41) is 2.27. The molecule has 0 radical (unpaired) electrons. The number of hydrogen-bond donors (Lipinski definition) is 0. The molecular weight excluding hydrogens is 118 g/mol. The van der Waals surface area contributed by atoms with Crippen molar-refractivity contribution in [2.75, 3.05) is 6.54 Å². The number of unbranched alkanes of at least 4 members (excludes halogenated alkanes) is 1. The predicted molar refractivity (Wildman–Crippen MR) is 38.0 cm³/mol. The Morgan fingerprint density at radius 1 is 1.62 bits per heavy atom. The number of thiocarbonyl (C=S) groups is 1. The first-order valence-electron chi connectivity index (χ1n) is 2.39. The Bertz CT molecular complexity index is 128. The highest BCUT2D eigenvalue weighted by Gasteiger charge is 1.76. The van der Waals surface area contributed by atoms with E-state index >= 15 is 0 Å². The fourth-order valence-electron chi connectivity index (χ4n) is 0.306. The summed E-state index contributed by atoms with van der Waals surface area (Å²) in [4.78, 5) is 3.68. The maximum atomic E-state index is 4.97. The normalized spacial score (nSPS) is 6.88. The Labute approximate surface area is 54.8 Å². The van der Waals surface area contributed by atoms with Gasteiger partial charge in [0.05, 0.1) is 11.7 Å². The van der Waals surface area contributed by atoms with Crippen molar-refractivity contribution in [2.24, 2.45) is 4.99 Å². The zero-order valence-corrected chi connectivity index (χ0v) is 5.37. The van der Waals surface area contributed by atoms with Gasteiger partial charge in [0.15, 0.2) is 0 Å². The van der Waals surface area contributed by atoms with E-state index in [1.54, 1.807) is 0 Å². The first-order valence-corrected chi connectivity index (χ1v) is 2.79. The van der Waals surface area contributed by atoms with Crippen LogP contribution in [-0.4, -0.2) is 11.7 Å². The minimum absolute atomic E-state index is 0.716. The number of rotatable bonds is 3. The van der Waals surface area contributed by atoms with Gasteiger partial charge in [0.2, 0.25) is 0 Å². The molecule has 0 aromatic heterocycles. The molecule has 0 heterocycles. The molecule has 2 heteroatoms. The summed E-state index contributed by atoms with van der Waals surface area (Å²) in [5.41, 5.74) is 0. The highest BCUT2D eigenvalue weighted by Crippen LogP contribution is 1.84. The summed E-state index contributed by atoms with van der Waals surface area (Å²) < 4.78 is 0. The van der Waals surface area contributed by atoms with Crippen molar-refractivity contribution < 1.29 is 0 Å². The minimum atomic E-state index is 0.716. The van der Waals surface area contributed by atoms with E-state index in [2.05, 4.69) is 28.3 Å². The third kappa shape index (κ3) is 5.36. The molecule has 42 valence electrons. The Balaban J connectivity index is 2.96. The molecule has 0 bridgehead atoms. The molecule has 0 aromatic carbocycles. The van der Waals surface area contributed by atoms with Gasteiger partial charge in [-0.3, -0.25) is 0 Å². The Morgan fingerprint density at radius 2 is 2.38 bits per heavy atom. The van der Waals surface area contributed by atoms with Crippen molar-refractivity contribution in [1.82, 2.24) is 0 Å². The molecule has 1 nitrogen and oxygen atoms in total. The predicted octanol–water partition coefficient (Wildman–Crippen LogP) is 1.50. The number of isothiocyanates is 1. The van der Waals surface area contributed by atoms with Crippen LogP contribution in [0.1, 0.15) is 12.8 Å². The fraction of sp³-hybridized carbons (Fsp3) is 0.500. The van der Waals surface area contributed by atoms with E-state index in [9.17, 15) is 0 Å². The van der Waals surface area contributed by atoms with Crippen LogP contribution in [0, 0.1) is 12.3 Å². The van der Waals surface area contributed by atoms with Crippen LogP contribution in [0.2, 0.25) is 0 Å². The molecule has 0 saturated carbocycles. The standard InChI is InChI=1S/C6H7NS/c1-2-3-4-5-7-6-8/h1H,3-5H2. The van der Waals surface area contributed by atoms with Gasteiger partial charge < -0.3 is 0 Å². The number of aliphatic imine (C=N–C) groups is 1. The average Bonchev–Trinajstić information content (AvgIpc) is 1.81. The first-order chi connectivity index (χ1) is 3.91. The highest BCUT2D eigenvalue weighted by molar-refractivity contribution is 7.78. The van der Waals surface area contributed by atoms with Crippen LogP contribution in [0.15, 0.2) is 4.99 Å². The first kappa shape index (κ1) is 7.36. The monoisotopic (exact) mass is 125 g/mol. The molecule has 0 atom stereocenters. The molecule has 0 N–H and O–H groups in total. The van der Waals surface area contributed by atoms with Crippen molar-refractivity contribution in [3.63, 3.8) is 0 Å². The molecule has 0 aliphatic carbocycles. The van der Waals surface area contributed by atoms with E-state index in [-0.39, 0.29) is 0 Å². The van der Waals surface area contributed by atoms with Crippen LogP contribution < -0.4 is 0 Å². The summed E-state index contributed by atoms with van der Waals surface area (Å²) >= 11 is 4.33. The van der Waals surface area contributed by atoms with Gasteiger partial charge in [-0.1, -0.05) is 0 Å². The molecule has 0 amide bonds. The van der Waals surface area contributed by atoms with Crippen LogP contribution in [0.25, 0.3) is 0 Å². The Hall–Kier alpha value is -0.640. The van der Waals surface area contributed by atoms with E-state index in [0.29, 0.717) is 6.54 Å². The van der Waals surface area contributed by atoms with Crippen LogP contribution in [0.5, 0.6) is 0 Å². The summed E-state index contributed by atoms with van der Waals surface area (Å²) in [6, 6.07) is 0. The second-order valence-corrected chi connectivity index (χ2v) is 1.46. The van der Waals surface area contributed by atoms with E-state index in [1.807, 2.05) is 0 Å². The second kappa shape index (κ2) is 6.36. The van der Waals surface area contributed by atoms with Crippen molar-refractivity contribution in [2.45, 2.75) is 12.8 Å². The third-order valence-electron chi connectivity index (χ3n) is 0.656. The molecule has 0 aromatic rings. The van der Waals surface area contributed by atoms with E-state index in [1.165, 1.54) is 0 Å². The zero-order chi connectivity index (χ0) is 6.24. The SMILES string of the molecule is C#CCCCN=C=S. The summed E-state index contributed by atoms with van der Waals surface area (Å²) in [5.74, 6) is 2.50. The molecule has 0 unspecified atom stereocenters. The van der Waals surface area contributed by atoms with Crippen molar-refractivity contribution in [3.8, 4) is 12.3 Å².